The van der Waals surface area contributed by atoms with Crippen molar-refractivity contribution < 1.29 is 9.53 Å². The fraction of sp³-hybridized carbons (Fsp3) is 0.500. The standard InChI is InChI=1S/C14H16ClNO2/c15-13-3-5-16(6-4-13)14(17)10-1-2-11-8-18-9-12(11)7-10/h1-2,7,13H,3-6,8-9H2. The molecule has 0 atom stereocenters. The molecule has 1 aromatic rings. The van der Waals surface area contributed by atoms with Gasteiger partial charge in [-0.1, -0.05) is 6.07 Å². The lowest BCUT2D eigenvalue weighted by atomic mass is 10.0. The third-order valence-corrected chi connectivity index (χ3v) is 4.12. The third-order valence-electron chi connectivity index (χ3n) is 3.68. The molecule has 1 amide bonds. The number of alkyl halides is 1. The molecule has 1 aromatic carbocycles. The molecule has 1 fully saturated rings. The highest BCUT2D eigenvalue weighted by molar-refractivity contribution is 6.20. The summed E-state index contributed by atoms with van der Waals surface area (Å²) >= 11 is 6.05. The lowest BCUT2D eigenvalue weighted by molar-refractivity contribution is 0.0726. The second kappa shape index (κ2) is 4.90. The minimum absolute atomic E-state index is 0.119. The van der Waals surface area contributed by atoms with Crippen molar-refractivity contribution in [2.45, 2.75) is 31.4 Å². The van der Waals surface area contributed by atoms with Crippen molar-refractivity contribution in [2.75, 3.05) is 13.1 Å². The van der Waals surface area contributed by atoms with E-state index < -0.39 is 0 Å². The highest BCUT2D eigenvalue weighted by Gasteiger charge is 2.23. The van der Waals surface area contributed by atoms with Gasteiger partial charge in [0.15, 0.2) is 0 Å². The second-order valence-electron chi connectivity index (χ2n) is 4.94. The van der Waals surface area contributed by atoms with Gasteiger partial charge >= 0.3 is 0 Å². The van der Waals surface area contributed by atoms with Crippen molar-refractivity contribution in [1.29, 1.82) is 0 Å². The largest absolute Gasteiger partial charge is 0.372 e. The zero-order chi connectivity index (χ0) is 12.5. The van der Waals surface area contributed by atoms with E-state index in [2.05, 4.69) is 0 Å². The third kappa shape index (κ3) is 2.25. The van der Waals surface area contributed by atoms with Gasteiger partial charge in [-0.2, -0.15) is 0 Å². The van der Waals surface area contributed by atoms with Crippen molar-refractivity contribution in [3.63, 3.8) is 0 Å². The van der Waals surface area contributed by atoms with E-state index in [1.165, 1.54) is 5.56 Å². The molecule has 96 valence electrons. The van der Waals surface area contributed by atoms with Gasteiger partial charge in [0, 0.05) is 24.0 Å². The predicted molar refractivity (Wildman–Crippen MR) is 69.7 cm³/mol. The van der Waals surface area contributed by atoms with Crippen LogP contribution in [0.1, 0.15) is 34.3 Å². The molecular weight excluding hydrogens is 250 g/mol. The van der Waals surface area contributed by atoms with E-state index >= 15 is 0 Å². The Kier molecular flexibility index (Phi) is 3.27. The number of fused-ring (bicyclic) bond motifs is 1. The molecule has 0 radical (unpaired) electrons. The van der Waals surface area contributed by atoms with Crippen LogP contribution in [0, 0.1) is 0 Å². The number of benzene rings is 1. The van der Waals surface area contributed by atoms with E-state index in [0.29, 0.717) is 13.2 Å². The number of amides is 1. The van der Waals surface area contributed by atoms with Gasteiger partial charge in [0.05, 0.1) is 13.2 Å². The Bertz CT molecular complexity index is 467. The van der Waals surface area contributed by atoms with Crippen molar-refractivity contribution in [3.05, 3.63) is 34.9 Å². The molecule has 1 saturated heterocycles. The summed E-state index contributed by atoms with van der Waals surface area (Å²) in [5, 5.41) is 0.225. The van der Waals surface area contributed by atoms with Crippen LogP contribution in [-0.2, 0) is 18.0 Å². The van der Waals surface area contributed by atoms with Gasteiger partial charge in [0.25, 0.3) is 5.91 Å². The van der Waals surface area contributed by atoms with Gasteiger partial charge in [-0.25, -0.2) is 0 Å². The topological polar surface area (TPSA) is 29.5 Å². The van der Waals surface area contributed by atoms with E-state index in [0.717, 1.165) is 37.1 Å². The number of carbonyl (C=O) groups excluding carboxylic acids is 1. The van der Waals surface area contributed by atoms with Gasteiger partial charge in [0.2, 0.25) is 0 Å². The first kappa shape index (κ1) is 12.0. The molecule has 4 heteroatoms. The van der Waals surface area contributed by atoms with Crippen LogP contribution < -0.4 is 0 Å². The SMILES string of the molecule is O=C(c1ccc2c(c1)COC2)N1CCC(Cl)CC1. The molecule has 0 spiro atoms. The minimum atomic E-state index is 0.119. The summed E-state index contributed by atoms with van der Waals surface area (Å²) in [5.41, 5.74) is 3.12. The molecule has 0 N–H and O–H groups in total. The summed E-state index contributed by atoms with van der Waals surface area (Å²) in [4.78, 5) is 14.2. The van der Waals surface area contributed by atoms with Crippen molar-refractivity contribution in [1.82, 2.24) is 4.90 Å². The molecule has 0 bridgehead atoms. The Labute approximate surface area is 112 Å². The molecular formula is C14H16ClNO2. The van der Waals surface area contributed by atoms with Gasteiger partial charge in [-0.05, 0) is 36.1 Å². The van der Waals surface area contributed by atoms with E-state index in [1.54, 1.807) is 0 Å². The van der Waals surface area contributed by atoms with Crippen LogP contribution in [0.5, 0.6) is 0 Å². The number of carbonyl (C=O) groups is 1. The Morgan fingerprint density at radius 1 is 1.22 bits per heavy atom. The number of likely N-dealkylation sites (tertiary alicyclic amines) is 1. The van der Waals surface area contributed by atoms with Gasteiger partial charge in [-0.3, -0.25) is 4.79 Å². The van der Waals surface area contributed by atoms with Crippen molar-refractivity contribution >= 4 is 17.5 Å². The molecule has 2 heterocycles. The molecule has 0 saturated carbocycles. The fourth-order valence-electron chi connectivity index (χ4n) is 2.54. The zero-order valence-electron chi connectivity index (χ0n) is 10.2. The highest BCUT2D eigenvalue weighted by atomic mass is 35.5. The molecule has 2 aliphatic rings. The quantitative estimate of drug-likeness (QED) is 0.731. The normalized spacial score (nSPS) is 19.9. The first-order valence-corrected chi connectivity index (χ1v) is 6.80. The molecule has 18 heavy (non-hydrogen) atoms. The maximum Gasteiger partial charge on any atom is 0.253 e. The van der Waals surface area contributed by atoms with Crippen molar-refractivity contribution in [3.8, 4) is 0 Å². The number of nitrogens with zero attached hydrogens (tertiary/aromatic N) is 1. The molecule has 3 rings (SSSR count). The Morgan fingerprint density at radius 3 is 2.72 bits per heavy atom. The van der Waals surface area contributed by atoms with Crippen LogP contribution in [0.25, 0.3) is 0 Å². The lowest BCUT2D eigenvalue weighted by Gasteiger charge is -2.29. The average Bonchev–Trinajstić information content (AvgIpc) is 2.86. The number of piperidine rings is 1. The monoisotopic (exact) mass is 265 g/mol. The second-order valence-corrected chi connectivity index (χ2v) is 5.56. The Morgan fingerprint density at radius 2 is 1.94 bits per heavy atom. The van der Waals surface area contributed by atoms with Crippen LogP contribution in [0.3, 0.4) is 0 Å². The summed E-state index contributed by atoms with van der Waals surface area (Å²) in [5.74, 6) is 0.119. The van der Waals surface area contributed by atoms with Gasteiger partial charge < -0.3 is 9.64 Å². The van der Waals surface area contributed by atoms with Crippen LogP contribution >= 0.6 is 11.6 Å². The Hall–Kier alpha value is -1.06. The molecule has 0 aromatic heterocycles. The van der Waals surface area contributed by atoms with Gasteiger partial charge in [0.1, 0.15) is 0 Å². The minimum Gasteiger partial charge on any atom is -0.372 e. The number of ether oxygens (including phenoxy) is 1. The summed E-state index contributed by atoms with van der Waals surface area (Å²) in [6, 6.07) is 5.88. The summed E-state index contributed by atoms with van der Waals surface area (Å²) in [7, 11) is 0. The lowest BCUT2D eigenvalue weighted by Crippen LogP contribution is -2.38. The van der Waals surface area contributed by atoms with E-state index in [9.17, 15) is 4.79 Å². The summed E-state index contributed by atoms with van der Waals surface area (Å²) in [6.45, 7) is 2.82. The summed E-state index contributed by atoms with van der Waals surface area (Å²) < 4.78 is 5.37. The van der Waals surface area contributed by atoms with Gasteiger partial charge in [-0.15, -0.1) is 11.6 Å². The fourth-order valence-corrected chi connectivity index (χ4v) is 2.73. The van der Waals surface area contributed by atoms with Crippen molar-refractivity contribution in [2.24, 2.45) is 0 Å². The highest BCUT2D eigenvalue weighted by Crippen LogP contribution is 2.23. The first-order valence-electron chi connectivity index (χ1n) is 6.37. The molecule has 0 unspecified atom stereocenters. The van der Waals surface area contributed by atoms with E-state index in [1.807, 2.05) is 23.1 Å². The van der Waals surface area contributed by atoms with Crippen LogP contribution in [-0.4, -0.2) is 29.3 Å². The average molecular weight is 266 g/mol. The number of halogens is 1. The van der Waals surface area contributed by atoms with E-state index in [-0.39, 0.29) is 11.3 Å². The maximum absolute atomic E-state index is 12.3. The first-order chi connectivity index (χ1) is 8.74. The van der Waals surface area contributed by atoms with Crippen LogP contribution in [0.2, 0.25) is 0 Å². The number of hydrogen-bond donors (Lipinski definition) is 0. The van der Waals surface area contributed by atoms with Crippen LogP contribution in [0.15, 0.2) is 18.2 Å². The smallest absolute Gasteiger partial charge is 0.253 e. The molecule has 2 aliphatic heterocycles. The van der Waals surface area contributed by atoms with Crippen LogP contribution in [0.4, 0.5) is 0 Å². The number of rotatable bonds is 1. The number of hydrogen-bond acceptors (Lipinski definition) is 2. The predicted octanol–water partition coefficient (Wildman–Crippen LogP) is 2.56. The maximum atomic E-state index is 12.3. The Balaban J connectivity index is 1.76. The van der Waals surface area contributed by atoms with E-state index in [4.69, 9.17) is 16.3 Å². The molecule has 0 aliphatic carbocycles. The zero-order valence-corrected chi connectivity index (χ0v) is 10.9. The summed E-state index contributed by atoms with van der Waals surface area (Å²) in [6.07, 6.45) is 1.78. The molecule has 3 nitrogen and oxygen atoms in total.